The molecule has 156 valence electrons. The van der Waals surface area contributed by atoms with E-state index in [9.17, 15) is 4.39 Å². The fraction of sp³-hybridized carbons (Fsp3) is 0.391. The van der Waals surface area contributed by atoms with Crippen molar-refractivity contribution in [3.63, 3.8) is 0 Å². The van der Waals surface area contributed by atoms with Crippen molar-refractivity contribution in [1.82, 2.24) is 24.6 Å². The van der Waals surface area contributed by atoms with Crippen LogP contribution in [-0.2, 0) is 18.6 Å². The van der Waals surface area contributed by atoms with Gasteiger partial charge >= 0.3 is 0 Å². The fourth-order valence-corrected chi connectivity index (χ4v) is 5.06. The zero-order valence-electron chi connectivity index (χ0n) is 17.1. The van der Waals surface area contributed by atoms with Crippen molar-refractivity contribution < 1.29 is 4.39 Å². The van der Waals surface area contributed by atoms with E-state index in [-0.39, 0.29) is 11.4 Å². The first-order valence-corrected chi connectivity index (χ1v) is 10.8. The highest BCUT2D eigenvalue weighted by Crippen LogP contribution is 2.39. The van der Waals surface area contributed by atoms with Gasteiger partial charge in [0.05, 0.1) is 12.1 Å². The van der Waals surface area contributed by atoms with E-state index < -0.39 is 0 Å². The lowest BCUT2D eigenvalue weighted by Crippen LogP contribution is -2.55. The Morgan fingerprint density at radius 1 is 1.00 bits per heavy atom. The minimum atomic E-state index is -0.234. The van der Waals surface area contributed by atoms with Crippen LogP contribution >= 0.6 is 11.6 Å². The molecule has 2 aliphatic heterocycles. The van der Waals surface area contributed by atoms with Crippen LogP contribution < -0.4 is 0 Å². The smallest absolute Gasteiger partial charge is 0.164 e. The Labute approximate surface area is 181 Å². The van der Waals surface area contributed by atoms with Crippen molar-refractivity contribution in [2.45, 2.75) is 31.5 Å². The first-order chi connectivity index (χ1) is 14.5. The van der Waals surface area contributed by atoms with Gasteiger partial charge in [0.2, 0.25) is 0 Å². The molecular formula is C23H25ClFN5. The summed E-state index contributed by atoms with van der Waals surface area (Å²) >= 11 is 6.02. The first kappa shape index (κ1) is 19.7. The molecule has 30 heavy (non-hydrogen) atoms. The highest BCUT2D eigenvalue weighted by atomic mass is 35.5. The fourth-order valence-electron chi connectivity index (χ4n) is 4.93. The van der Waals surface area contributed by atoms with E-state index in [1.165, 1.54) is 17.7 Å². The van der Waals surface area contributed by atoms with Crippen molar-refractivity contribution in [3.05, 3.63) is 70.8 Å². The van der Waals surface area contributed by atoms with E-state index in [0.717, 1.165) is 67.8 Å². The summed E-state index contributed by atoms with van der Waals surface area (Å²) in [5.74, 6) is 1.61. The zero-order valence-corrected chi connectivity index (χ0v) is 17.8. The molecule has 0 atom stereocenters. The topological polar surface area (TPSA) is 37.2 Å². The number of likely N-dealkylation sites (N-methyl/N-ethyl adjacent to an activating group) is 1. The van der Waals surface area contributed by atoms with Gasteiger partial charge in [-0.15, -0.1) is 10.2 Å². The van der Waals surface area contributed by atoms with Crippen molar-refractivity contribution in [1.29, 1.82) is 0 Å². The Balaban J connectivity index is 1.41. The second kappa shape index (κ2) is 7.76. The van der Waals surface area contributed by atoms with E-state index >= 15 is 0 Å². The summed E-state index contributed by atoms with van der Waals surface area (Å²) in [4.78, 5) is 4.85. The van der Waals surface area contributed by atoms with Gasteiger partial charge in [0, 0.05) is 36.8 Å². The molecule has 1 fully saturated rings. The van der Waals surface area contributed by atoms with Gasteiger partial charge in [-0.1, -0.05) is 23.7 Å². The molecule has 0 N–H and O–H groups in total. The molecule has 1 saturated heterocycles. The highest BCUT2D eigenvalue weighted by molar-refractivity contribution is 6.30. The molecule has 1 aromatic heterocycles. The van der Waals surface area contributed by atoms with Gasteiger partial charge in [-0.2, -0.15) is 0 Å². The Morgan fingerprint density at radius 2 is 1.70 bits per heavy atom. The third-order valence-electron chi connectivity index (χ3n) is 6.39. The summed E-state index contributed by atoms with van der Waals surface area (Å²) in [6.07, 6.45) is 2.06. The third-order valence-corrected chi connectivity index (χ3v) is 6.64. The number of aromatic nitrogens is 3. The van der Waals surface area contributed by atoms with Crippen LogP contribution in [0.15, 0.2) is 48.5 Å². The number of fused-ring (bicyclic) bond motifs is 2. The molecular weight excluding hydrogens is 401 g/mol. The number of nitrogens with zero attached hydrogens (tertiary/aromatic N) is 5. The summed E-state index contributed by atoms with van der Waals surface area (Å²) < 4.78 is 15.8. The Kier molecular flexibility index (Phi) is 5.09. The zero-order chi connectivity index (χ0) is 20.7. The van der Waals surface area contributed by atoms with Crippen LogP contribution in [0.1, 0.15) is 24.2 Å². The van der Waals surface area contributed by atoms with Crippen LogP contribution in [0.2, 0.25) is 5.02 Å². The average Bonchev–Trinajstić information content (AvgIpc) is 3.17. The Hall–Kier alpha value is -2.28. The highest BCUT2D eigenvalue weighted by Gasteiger charge is 2.43. The standard InChI is InChI=1S/C23H25ClFN5/c1-28-15-21-26-27-22(18-4-8-20(25)9-5-18)30(21)23(16-28)10-12-29(13-11-23)14-17-2-6-19(24)7-3-17/h2-9H,10-16H2,1H3. The van der Waals surface area contributed by atoms with Gasteiger partial charge in [0.25, 0.3) is 0 Å². The van der Waals surface area contributed by atoms with Crippen molar-refractivity contribution >= 4 is 11.6 Å². The molecule has 5 rings (SSSR count). The molecule has 0 saturated carbocycles. The van der Waals surface area contributed by atoms with E-state index in [1.807, 2.05) is 12.1 Å². The molecule has 1 spiro atoms. The molecule has 2 aromatic carbocycles. The Morgan fingerprint density at radius 3 is 2.40 bits per heavy atom. The SMILES string of the molecule is CN1Cc2nnc(-c3ccc(F)cc3)n2C2(CCN(Cc3ccc(Cl)cc3)CC2)C1. The maximum Gasteiger partial charge on any atom is 0.164 e. The number of likely N-dealkylation sites (tertiary alicyclic amines) is 1. The summed E-state index contributed by atoms with van der Waals surface area (Å²) in [7, 11) is 2.15. The molecule has 0 aliphatic carbocycles. The molecule has 0 amide bonds. The number of halogens is 2. The quantitative estimate of drug-likeness (QED) is 0.631. The second-order valence-corrected chi connectivity index (χ2v) is 9.02. The lowest BCUT2D eigenvalue weighted by atomic mass is 9.84. The summed E-state index contributed by atoms with van der Waals surface area (Å²) in [5, 5.41) is 9.79. The van der Waals surface area contributed by atoms with Gasteiger partial charge in [0.15, 0.2) is 5.82 Å². The van der Waals surface area contributed by atoms with Crippen molar-refractivity contribution in [2.24, 2.45) is 0 Å². The first-order valence-electron chi connectivity index (χ1n) is 10.4. The van der Waals surface area contributed by atoms with E-state index in [1.54, 1.807) is 12.1 Å². The van der Waals surface area contributed by atoms with E-state index in [4.69, 9.17) is 11.6 Å². The number of hydrogen-bond donors (Lipinski definition) is 0. The summed E-state index contributed by atoms with van der Waals surface area (Å²) in [5.41, 5.74) is 2.17. The average molecular weight is 426 g/mol. The Bertz CT molecular complexity index is 1020. The van der Waals surface area contributed by atoms with Gasteiger partial charge in [-0.25, -0.2) is 4.39 Å². The largest absolute Gasteiger partial charge is 0.302 e. The van der Waals surface area contributed by atoms with Crippen LogP contribution in [0.3, 0.4) is 0 Å². The lowest BCUT2D eigenvalue weighted by molar-refractivity contribution is 0.0490. The predicted octanol–water partition coefficient (Wildman–Crippen LogP) is 4.17. The van der Waals surface area contributed by atoms with Gasteiger partial charge in [0.1, 0.15) is 11.6 Å². The summed E-state index contributed by atoms with van der Waals surface area (Å²) in [6, 6.07) is 14.7. The number of rotatable bonds is 3. The maximum absolute atomic E-state index is 13.4. The number of piperidine rings is 1. The minimum absolute atomic E-state index is 0.0357. The van der Waals surface area contributed by atoms with Crippen LogP contribution in [0, 0.1) is 5.82 Å². The number of benzene rings is 2. The van der Waals surface area contributed by atoms with Crippen LogP contribution in [0.25, 0.3) is 11.4 Å². The molecule has 5 nitrogen and oxygen atoms in total. The lowest BCUT2D eigenvalue weighted by Gasteiger charge is -2.48. The normalized spacial score (nSPS) is 19.2. The van der Waals surface area contributed by atoms with Crippen LogP contribution in [-0.4, -0.2) is 51.2 Å². The van der Waals surface area contributed by atoms with E-state index in [0.29, 0.717) is 0 Å². The van der Waals surface area contributed by atoms with Crippen molar-refractivity contribution in [2.75, 3.05) is 26.7 Å². The van der Waals surface area contributed by atoms with E-state index in [2.05, 4.69) is 43.7 Å². The molecule has 2 aliphatic rings. The molecule has 0 unspecified atom stereocenters. The second-order valence-electron chi connectivity index (χ2n) is 8.58. The molecule has 0 radical (unpaired) electrons. The van der Waals surface area contributed by atoms with Gasteiger partial charge < -0.3 is 4.57 Å². The molecule has 7 heteroatoms. The molecule has 0 bridgehead atoms. The number of hydrogen-bond acceptors (Lipinski definition) is 4. The maximum atomic E-state index is 13.4. The van der Waals surface area contributed by atoms with Crippen molar-refractivity contribution in [3.8, 4) is 11.4 Å². The van der Waals surface area contributed by atoms with Crippen LogP contribution in [0.4, 0.5) is 4.39 Å². The third kappa shape index (κ3) is 3.64. The predicted molar refractivity (Wildman–Crippen MR) is 116 cm³/mol. The molecule has 3 heterocycles. The summed E-state index contributed by atoms with van der Waals surface area (Å²) in [6.45, 7) is 4.71. The molecule has 3 aromatic rings. The monoisotopic (exact) mass is 425 g/mol. The van der Waals surface area contributed by atoms with Gasteiger partial charge in [-0.05, 0) is 61.9 Å². The van der Waals surface area contributed by atoms with Crippen LogP contribution in [0.5, 0.6) is 0 Å². The van der Waals surface area contributed by atoms with Gasteiger partial charge in [-0.3, -0.25) is 9.80 Å². The minimum Gasteiger partial charge on any atom is -0.302 e.